The first kappa shape index (κ1) is 31.8. The van der Waals surface area contributed by atoms with Crippen molar-refractivity contribution in [2.75, 3.05) is 22.9 Å². The second kappa shape index (κ2) is 13.8. The molecule has 0 fully saturated rings. The highest BCUT2D eigenvalue weighted by atomic mass is 35.5. The fraction of sp³-hybridized carbons (Fsp3) is 0.433. The third-order valence-electron chi connectivity index (χ3n) is 7.29. The minimum atomic E-state index is -4.56. The Labute approximate surface area is 244 Å². The minimum absolute atomic E-state index is 0. The van der Waals surface area contributed by atoms with Gasteiger partial charge in [-0.05, 0) is 85.5 Å². The molecule has 0 bridgehead atoms. The summed E-state index contributed by atoms with van der Waals surface area (Å²) in [6.07, 6.45) is 1.75. The summed E-state index contributed by atoms with van der Waals surface area (Å²) >= 11 is 0. The molecular formula is C30H35ClF3N5O2. The predicted molar refractivity (Wildman–Crippen MR) is 154 cm³/mol. The average molecular weight is 590 g/mol. The topological polar surface area (TPSA) is 85.4 Å². The summed E-state index contributed by atoms with van der Waals surface area (Å²) in [4.78, 5) is 15.2. The molecule has 0 unspecified atom stereocenters. The van der Waals surface area contributed by atoms with E-state index in [0.717, 1.165) is 55.6 Å². The van der Waals surface area contributed by atoms with E-state index in [2.05, 4.69) is 29.1 Å². The van der Waals surface area contributed by atoms with Crippen molar-refractivity contribution in [1.29, 1.82) is 5.26 Å². The van der Waals surface area contributed by atoms with Gasteiger partial charge in [-0.15, -0.1) is 12.4 Å². The number of anilines is 2. The summed E-state index contributed by atoms with van der Waals surface area (Å²) in [5.74, 6) is -0.184. The van der Waals surface area contributed by atoms with Gasteiger partial charge in [-0.1, -0.05) is 6.07 Å². The highest BCUT2D eigenvalue weighted by Crippen LogP contribution is 2.34. The largest absolute Gasteiger partial charge is 0.481 e. The number of aryl methyl sites for hydroxylation is 3. The molecule has 11 heteroatoms. The Hall–Kier alpha value is -3.71. The summed E-state index contributed by atoms with van der Waals surface area (Å²) in [7, 11) is 1.79. The number of carboxylic acid groups (broad SMARTS) is 1. The first-order valence-electron chi connectivity index (χ1n) is 13.5. The lowest BCUT2D eigenvalue weighted by Gasteiger charge is -2.30. The molecule has 220 valence electrons. The summed E-state index contributed by atoms with van der Waals surface area (Å²) in [6.45, 7) is 4.05. The fourth-order valence-corrected chi connectivity index (χ4v) is 5.34. The monoisotopic (exact) mass is 589 g/mol. The zero-order valence-corrected chi connectivity index (χ0v) is 24.1. The van der Waals surface area contributed by atoms with Crippen LogP contribution in [-0.2, 0) is 43.9 Å². The number of nitrogens with zero attached hydrogens (tertiary/aromatic N) is 5. The van der Waals surface area contributed by atoms with Crippen molar-refractivity contribution in [3.63, 3.8) is 0 Å². The summed E-state index contributed by atoms with van der Waals surface area (Å²) in [5.41, 5.74) is 4.18. The number of carbonyl (C=O) groups is 1. The number of aromatic nitrogens is 2. The number of hydrogen-bond acceptors (Lipinski definition) is 5. The Morgan fingerprint density at radius 1 is 1.10 bits per heavy atom. The van der Waals surface area contributed by atoms with Gasteiger partial charge in [0.15, 0.2) is 5.82 Å². The van der Waals surface area contributed by atoms with E-state index in [-0.39, 0.29) is 30.9 Å². The normalized spacial score (nSPS) is 12.4. The molecule has 41 heavy (non-hydrogen) atoms. The smallest absolute Gasteiger partial charge is 0.416 e. The Kier molecular flexibility index (Phi) is 10.7. The van der Waals surface area contributed by atoms with Crippen LogP contribution in [0.3, 0.4) is 0 Å². The molecule has 1 heterocycles. The van der Waals surface area contributed by atoms with Gasteiger partial charge in [0, 0.05) is 57.6 Å². The van der Waals surface area contributed by atoms with Crippen LogP contribution in [0, 0.1) is 11.3 Å². The van der Waals surface area contributed by atoms with E-state index in [9.17, 15) is 23.2 Å². The summed E-state index contributed by atoms with van der Waals surface area (Å²) < 4.78 is 42.4. The molecule has 0 spiro atoms. The van der Waals surface area contributed by atoms with Crippen LogP contribution >= 0.6 is 12.4 Å². The highest BCUT2D eigenvalue weighted by molar-refractivity contribution is 5.85. The lowest BCUT2D eigenvalue weighted by atomic mass is 10.0. The molecule has 2 aromatic carbocycles. The van der Waals surface area contributed by atoms with Crippen molar-refractivity contribution in [3.8, 4) is 6.07 Å². The summed E-state index contributed by atoms with van der Waals surface area (Å²) in [5, 5.41) is 23.0. The molecule has 1 aliphatic rings. The number of unbranched alkanes of at least 4 members (excludes halogenated alkanes) is 1. The minimum Gasteiger partial charge on any atom is -0.481 e. The zero-order chi connectivity index (χ0) is 28.9. The molecule has 1 N–H and O–H groups in total. The second-order valence-electron chi connectivity index (χ2n) is 10.3. The van der Waals surface area contributed by atoms with Crippen molar-refractivity contribution in [3.05, 3.63) is 76.0 Å². The number of alkyl halides is 3. The van der Waals surface area contributed by atoms with Crippen molar-refractivity contribution in [2.24, 2.45) is 7.05 Å². The van der Waals surface area contributed by atoms with E-state index in [1.807, 2.05) is 17.0 Å². The van der Waals surface area contributed by atoms with Crippen LogP contribution in [0.15, 0.2) is 42.6 Å². The molecule has 3 aromatic rings. The summed E-state index contributed by atoms with van der Waals surface area (Å²) in [6, 6.07) is 11.6. The Morgan fingerprint density at radius 2 is 1.83 bits per heavy atom. The van der Waals surface area contributed by atoms with Crippen LogP contribution in [0.2, 0.25) is 0 Å². The van der Waals surface area contributed by atoms with Crippen LogP contribution in [0.1, 0.15) is 66.0 Å². The second-order valence-corrected chi connectivity index (χ2v) is 10.3. The maximum absolute atomic E-state index is 13.6. The Morgan fingerprint density at radius 3 is 2.44 bits per heavy atom. The maximum Gasteiger partial charge on any atom is 0.416 e. The first-order valence-corrected chi connectivity index (χ1v) is 13.5. The van der Waals surface area contributed by atoms with Crippen molar-refractivity contribution < 1.29 is 23.1 Å². The van der Waals surface area contributed by atoms with Crippen LogP contribution in [-0.4, -0.2) is 33.9 Å². The third-order valence-corrected chi connectivity index (χ3v) is 7.29. The van der Waals surface area contributed by atoms with Gasteiger partial charge in [-0.3, -0.25) is 9.48 Å². The molecule has 1 aliphatic carbocycles. The van der Waals surface area contributed by atoms with Gasteiger partial charge in [-0.25, -0.2) is 0 Å². The first-order chi connectivity index (χ1) is 19.1. The Balaban J connectivity index is 0.00000462. The molecule has 0 saturated carbocycles. The van der Waals surface area contributed by atoms with Crippen molar-refractivity contribution in [1.82, 2.24) is 9.78 Å². The predicted octanol–water partition coefficient (Wildman–Crippen LogP) is 6.51. The number of nitriles is 1. The Bertz CT molecular complexity index is 1400. The van der Waals surface area contributed by atoms with Gasteiger partial charge in [0.05, 0.1) is 17.2 Å². The van der Waals surface area contributed by atoms with E-state index in [0.29, 0.717) is 30.9 Å². The van der Waals surface area contributed by atoms with Crippen LogP contribution < -0.4 is 9.80 Å². The van der Waals surface area contributed by atoms with Crippen LogP contribution in [0.4, 0.5) is 24.7 Å². The average Bonchev–Trinajstić information content (AvgIpc) is 3.55. The molecule has 0 saturated heterocycles. The SMILES string of the molecule is CCN(CCCCC(=O)O)c1cc2c(cc1CN(Cc1cc(C#N)cc(C(F)(F)F)c1)c1ccn(C)n1)CCC2.Cl. The lowest BCUT2D eigenvalue weighted by Crippen LogP contribution is -2.28. The van der Waals surface area contributed by atoms with Gasteiger partial charge in [-0.2, -0.15) is 23.5 Å². The van der Waals surface area contributed by atoms with Gasteiger partial charge in [0.1, 0.15) is 0 Å². The molecule has 0 amide bonds. The van der Waals surface area contributed by atoms with Crippen molar-refractivity contribution >= 4 is 29.9 Å². The molecule has 0 aliphatic heterocycles. The van der Waals surface area contributed by atoms with E-state index in [1.165, 1.54) is 17.2 Å². The lowest BCUT2D eigenvalue weighted by molar-refractivity contribution is -0.138. The standard InChI is InChI=1S/C30H34F3N5O2.ClH/c1-3-37(11-5-4-9-29(39)40)27-17-24-8-6-7-23(24)16-25(27)20-38(28-10-12-36(2)35-28)19-22-13-21(18-34)14-26(15-22)30(31,32)33;/h10,12-17H,3-9,11,19-20H2,1-2H3,(H,39,40);1H. The molecule has 0 radical (unpaired) electrons. The number of carboxylic acids is 1. The van der Waals surface area contributed by atoms with E-state index >= 15 is 0 Å². The fourth-order valence-electron chi connectivity index (χ4n) is 5.34. The van der Waals surface area contributed by atoms with Gasteiger partial charge < -0.3 is 14.9 Å². The molecule has 0 atom stereocenters. The highest BCUT2D eigenvalue weighted by Gasteiger charge is 2.31. The van der Waals surface area contributed by atoms with E-state index < -0.39 is 17.7 Å². The molecular weight excluding hydrogens is 555 g/mol. The van der Waals surface area contributed by atoms with Gasteiger partial charge >= 0.3 is 12.1 Å². The third kappa shape index (κ3) is 8.17. The molecule has 7 nitrogen and oxygen atoms in total. The number of hydrogen-bond donors (Lipinski definition) is 1. The van der Waals surface area contributed by atoms with E-state index in [1.54, 1.807) is 17.9 Å². The number of rotatable bonds is 12. The maximum atomic E-state index is 13.6. The van der Waals surface area contributed by atoms with Crippen molar-refractivity contribution in [2.45, 2.75) is 64.7 Å². The quantitative estimate of drug-likeness (QED) is 0.242. The van der Waals surface area contributed by atoms with Gasteiger partial charge in [0.2, 0.25) is 0 Å². The van der Waals surface area contributed by atoms with Crippen LogP contribution in [0.5, 0.6) is 0 Å². The number of benzene rings is 2. The van der Waals surface area contributed by atoms with Gasteiger partial charge in [0.25, 0.3) is 0 Å². The van der Waals surface area contributed by atoms with Crippen LogP contribution in [0.25, 0.3) is 0 Å². The molecule has 4 rings (SSSR count). The van der Waals surface area contributed by atoms with E-state index in [4.69, 9.17) is 5.11 Å². The number of halogens is 4. The number of aliphatic carboxylic acids is 1. The molecule has 1 aromatic heterocycles. The zero-order valence-electron chi connectivity index (χ0n) is 23.2. The number of fused-ring (bicyclic) bond motifs is 1.